The lowest BCUT2D eigenvalue weighted by atomic mass is 10.0. The van der Waals surface area contributed by atoms with E-state index in [1.54, 1.807) is 6.92 Å². The van der Waals surface area contributed by atoms with Crippen LogP contribution >= 0.6 is 0 Å². The first kappa shape index (κ1) is 15.6. The number of aromatic nitrogens is 2. The average molecular weight is 270 g/mol. The second-order valence-electron chi connectivity index (χ2n) is 4.50. The van der Waals surface area contributed by atoms with Gasteiger partial charge < -0.3 is 26.0 Å². The van der Waals surface area contributed by atoms with Crippen LogP contribution in [0.2, 0.25) is 0 Å². The molecule has 5 N–H and O–H groups in total. The molecule has 0 fully saturated rings. The predicted molar refractivity (Wildman–Crippen MR) is 73.3 cm³/mol. The van der Waals surface area contributed by atoms with Crippen molar-refractivity contribution in [3.8, 4) is 0 Å². The first-order valence-electron chi connectivity index (χ1n) is 6.21. The molecule has 0 atom stereocenters. The van der Waals surface area contributed by atoms with Gasteiger partial charge in [-0.15, -0.1) is 0 Å². The molecule has 0 bridgehead atoms. The van der Waals surface area contributed by atoms with E-state index in [2.05, 4.69) is 20.6 Å². The Morgan fingerprint density at radius 3 is 2.00 bits per heavy atom. The molecule has 19 heavy (non-hydrogen) atoms. The van der Waals surface area contributed by atoms with Gasteiger partial charge in [0.2, 0.25) is 0 Å². The monoisotopic (exact) mass is 270 g/mol. The molecule has 0 aliphatic rings. The smallest absolute Gasteiger partial charge is 0.135 e. The predicted octanol–water partition coefficient (Wildman–Crippen LogP) is -0.347. The van der Waals surface area contributed by atoms with Crippen LogP contribution in [0, 0.1) is 13.8 Å². The van der Waals surface area contributed by atoms with E-state index >= 15 is 0 Å². The normalized spacial score (nSPS) is 11.5. The van der Waals surface area contributed by atoms with Gasteiger partial charge >= 0.3 is 0 Å². The van der Waals surface area contributed by atoms with Crippen LogP contribution in [0.25, 0.3) is 0 Å². The quantitative estimate of drug-likeness (QED) is 0.460. The van der Waals surface area contributed by atoms with Crippen molar-refractivity contribution in [2.75, 3.05) is 37.0 Å². The molecule has 108 valence electrons. The number of aliphatic hydroxyl groups excluding tert-OH is 3. The Bertz CT molecular complexity index is 413. The van der Waals surface area contributed by atoms with Gasteiger partial charge in [0.15, 0.2) is 0 Å². The van der Waals surface area contributed by atoms with E-state index in [0.29, 0.717) is 17.5 Å². The van der Waals surface area contributed by atoms with E-state index in [9.17, 15) is 15.3 Å². The van der Waals surface area contributed by atoms with Crippen molar-refractivity contribution >= 4 is 11.6 Å². The summed E-state index contributed by atoms with van der Waals surface area (Å²) in [5, 5.41) is 34.0. The highest BCUT2D eigenvalue weighted by molar-refractivity contribution is 5.58. The summed E-state index contributed by atoms with van der Waals surface area (Å²) in [5.41, 5.74) is -0.429. The third-order valence-corrected chi connectivity index (χ3v) is 2.89. The average Bonchev–Trinajstić information content (AvgIpc) is 2.41. The minimum absolute atomic E-state index is 0.404. The largest absolute Gasteiger partial charge is 0.394 e. The fraction of sp³-hybridized carbons (Fsp3) is 0.667. The molecule has 0 saturated heterocycles. The molecule has 0 unspecified atom stereocenters. The van der Waals surface area contributed by atoms with Gasteiger partial charge in [0, 0.05) is 12.1 Å². The lowest BCUT2D eigenvalue weighted by molar-refractivity contribution is 0.0830. The Morgan fingerprint density at radius 1 is 1.00 bits per heavy atom. The maximum atomic E-state index is 9.33. The number of aliphatic hydroxyl groups is 3. The van der Waals surface area contributed by atoms with E-state index in [-0.39, 0.29) is 0 Å². The van der Waals surface area contributed by atoms with Crippen molar-refractivity contribution in [2.24, 2.45) is 0 Å². The maximum Gasteiger partial charge on any atom is 0.135 e. The number of nitrogens with zero attached hydrogens (tertiary/aromatic N) is 2. The van der Waals surface area contributed by atoms with Crippen molar-refractivity contribution in [1.29, 1.82) is 0 Å². The molecule has 1 heterocycles. The zero-order valence-corrected chi connectivity index (χ0v) is 11.6. The Hall–Kier alpha value is -1.44. The van der Waals surface area contributed by atoms with Crippen LogP contribution in [0.4, 0.5) is 11.6 Å². The van der Waals surface area contributed by atoms with Crippen LogP contribution in [0.5, 0.6) is 0 Å². The molecule has 1 rings (SSSR count). The van der Waals surface area contributed by atoms with Crippen molar-refractivity contribution in [3.63, 3.8) is 0 Å². The van der Waals surface area contributed by atoms with Crippen molar-refractivity contribution in [1.82, 2.24) is 9.97 Å². The van der Waals surface area contributed by atoms with Crippen LogP contribution in [-0.2, 0) is 0 Å². The topological polar surface area (TPSA) is 111 Å². The second kappa shape index (κ2) is 6.65. The molecule has 0 aliphatic heterocycles. The van der Waals surface area contributed by atoms with Gasteiger partial charge in [-0.05, 0) is 20.8 Å². The molecule has 0 aromatic carbocycles. The number of anilines is 2. The SMILES string of the molecule is CCNc1nc(C)nc(NC(CO)(CO)CO)c1C. The highest BCUT2D eigenvalue weighted by atomic mass is 16.3. The van der Waals surface area contributed by atoms with Gasteiger partial charge in [-0.25, -0.2) is 9.97 Å². The van der Waals surface area contributed by atoms with Crippen LogP contribution in [-0.4, -0.2) is 57.2 Å². The molecule has 0 radical (unpaired) electrons. The van der Waals surface area contributed by atoms with Crippen molar-refractivity contribution < 1.29 is 15.3 Å². The van der Waals surface area contributed by atoms with E-state index in [1.807, 2.05) is 13.8 Å². The Balaban J connectivity index is 3.12. The highest BCUT2D eigenvalue weighted by Crippen LogP contribution is 2.22. The fourth-order valence-electron chi connectivity index (χ4n) is 1.61. The van der Waals surface area contributed by atoms with Crippen LogP contribution in [0.3, 0.4) is 0 Å². The molecular weight excluding hydrogens is 248 g/mol. The molecule has 7 heteroatoms. The van der Waals surface area contributed by atoms with E-state index in [1.165, 1.54) is 0 Å². The molecule has 7 nitrogen and oxygen atoms in total. The highest BCUT2D eigenvalue weighted by Gasteiger charge is 2.29. The zero-order valence-electron chi connectivity index (χ0n) is 11.6. The minimum Gasteiger partial charge on any atom is -0.394 e. The zero-order chi connectivity index (χ0) is 14.5. The van der Waals surface area contributed by atoms with Crippen molar-refractivity contribution in [3.05, 3.63) is 11.4 Å². The van der Waals surface area contributed by atoms with Crippen LogP contribution < -0.4 is 10.6 Å². The maximum absolute atomic E-state index is 9.33. The third kappa shape index (κ3) is 3.52. The number of nitrogens with one attached hydrogen (secondary N) is 2. The van der Waals surface area contributed by atoms with E-state index < -0.39 is 25.4 Å². The number of hydrogen-bond acceptors (Lipinski definition) is 7. The van der Waals surface area contributed by atoms with Crippen molar-refractivity contribution in [2.45, 2.75) is 26.3 Å². The summed E-state index contributed by atoms with van der Waals surface area (Å²) >= 11 is 0. The van der Waals surface area contributed by atoms with E-state index in [4.69, 9.17) is 0 Å². The van der Waals surface area contributed by atoms with Gasteiger partial charge in [0.25, 0.3) is 0 Å². The fourth-order valence-corrected chi connectivity index (χ4v) is 1.61. The molecule has 0 aliphatic carbocycles. The molecule has 0 amide bonds. The Labute approximate surface area is 112 Å². The lowest BCUT2D eigenvalue weighted by Gasteiger charge is -2.30. The Morgan fingerprint density at radius 2 is 1.53 bits per heavy atom. The molecule has 1 aromatic rings. The summed E-state index contributed by atoms with van der Waals surface area (Å²) < 4.78 is 0. The number of aryl methyl sites for hydroxylation is 1. The van der Waals surface area contributed by atoms with Crippen LogP contribution in [0.15, 0.2) is 0 Å². The first-order valence-corrected chi connectivity index (χ1v) is 6.21. The van der Waals surface area contributed by atoms with Crippen LogP contribution in [0.1, 0.15) is 18.3 Å². The van der Waals surface area contributed by atoms with Gasteiger partial charge in [0.1, 0.15) is 23.0 Å². The summed E-state index contributed by atoms with van der Waals surface area (Å²) in [4.78, 5) is 8.53. The van der Waals surface area contributed by atoms with E-state index in [0.717, 1.165) is 12.1 Å². The first-order chi connectivity index (χ1) is 9.01. The standard InChI is InChI=1S/C12H22N4O3/c1-4-13-10-8(2)11(15-9(3)14-10)16-12(5-17,6-18)7-19/h17-19H,4-7H2,1-3H3,(H2,13,14,15,16). The summed E-state index contributed by atoms with van der Waals surface area (Å²) in [6.07, 6.45) is 0. The summed E-state index contributed by atoms with van der Waals surface area (Å²) in [7, 11) is 0. The molecular formula is C12H22N4O3. The summed E-state index contributed by atoms with van der Waals surface area (Å²) in [6, 6.07) is 0. The summed E-state index contributed by atoms with van der Waals surface area (Å²) in [5.74, 6) is 1.74. The van der Waals surface area contributed by atoms with Gasteiger partial charge in [0.05, 0.1) is 19.8 Å². The van der Waals surface area contributed by atoms with Gasteiger partial charge in [-0.2, -0.15) is 0 Å². The summed E-state index contributed by atoms with van der Waals surface area (Å²) in [6.45, 7) is 5.06. The number of rotatable bonds is 7. The number of hydrogen-bond donors (Lipinski definition) is 5. The third-order valence-electron chi connectivity index (χ3n) is 2.89. The Kier molecular flexibility index (Phi) is 5.46. The van der Waals surface area contributed by atoms with Gasteiger partial charge in [-0.1, -0.05) is 0 Å². The molecule has 1 aromatic heterocycles. The lowest BCUT2D eigenvalue weighted by Crippen LogP contribution is -2.49. The minimum atomic E-state index is -1.20. The molecule has 0 spiro atoms. The second-order valence-corrected chi connectivity index (χ2v) is 4.50. The molecule has 0 saturated carbocycles. The van der Waals surface area contributed by atoms with Gasteiger partial charge in [-0.3, -0.25) is 0 Å².